The Bertz CT molecular complexity index is 1350. The lowest BCUT2D eigenvalue weighted by Gasteiger charge is -2.29. The van der Waals surface area contributed by atoms with Gasteiger partial charge in [0.2, 0.25) is 5.91 Å². The molecule has 0 radical (unpaired) electrons. The molecule has 1 saturated heterocycles. The molecule has 1 aromatic heterocycles. The average Bonchev–Trinajstić information content (AvgIpc) is 3.60. The number of amides is 1. The van der Waals surface area contributed by atoms with Gasteiger partial charge < -0.3 is 16.4 Å². The highest BCUT2D eigenvalue weighted by Gasteiger charge is 2.38. The summed E-state index contributed by atoms with van der Waals surface area (Å²) in [6.45, 7) is 0.680. The zero-order valence-corrected chi connectivity index (χ0v) is 22.1. The molecule has 2 aromatic carbocycles. The maximum Gasteiger partial charge on any atom is 0.275 e. The third-order valence-electron chi connectivity index (χ3n) is 6.42. The van der Waals surface area contributed by atoms with Crippen molar-refractivity contribution in [3.63, 3.8) is 0 Å². The van der Waals surface area contributed by atoms with Crippen molar-refractivity contribution in [2.45, 2.75) is 36.9 Å². The van der Waals surface area contributed by atoms with Crippen LogP contribution >= 0.6 is 11.3 Å². The quantitative estimate of drug-likeness (QED) is 0.154. The van der Waals surface area contributed by atoms with E-state index in [4.69, 9.17) is 16.3 Å². The summed E-state index contributed by atoms with van der Waals surface area (Å²) in [6.07, 6.45) is 1.43. The van der Waals surface area contributed by atoms with E-state index in [0.717, 1.165) is 6.42 Å². The summed E-state index contributed by atoms with van der Waals surface area (Å²) in [5.74, 6) is -1.87. The summed E-state index contributed by atoms with van der Waals surface area (Å²) in [5.41, 5.74) is 7.47. The van der Waals surface area contributed by atoms with Gasteiger partial charge in [-0.1, -0.05) is 60.7 Å². The maximum atomic E-state index is 13.9. The van der Waals surface area contributed by atoms with Crippen LogP contribution in [0.25, 0.3) is 0 Å². The van der Waals surface area contributed by atoms with E-state index in [1.165, 1.54) is 11.3 Å². The first-order chi connectivity index (χ1) is 18.1. The summed E-state index contributed by atoms with van der Waals surface area (Å²) in [7, 11) is -4.32. The van der Waals surface area contributed by atoms with Crippen LogP contribution in [0, 0.1) is 5.41 Å². The maximum absolute atomic E-state index is 13.9. The second kappa shape index (κ2) is 12.0. The molecule has 1 aliphatic rings. The minimum atomic E-state index is -4.32. The van der Waals surface area contributed by atoms with Crippen molar-refractivity contribution in [3.8, 4) is 0 Å². The van der Waals surface area contributed by atoms with Crippen LogP contribution in [0.4, 0.5) is 0 Å². The van der Waals surface area contributed by atoms with E-state index in [2.05, 4.69) is 15.4 Å². The number of thiophene rings is 1. The molecule has 0 saturated carbocycles. The minimum absolute atomic E-state index is 0.153. The predicted molar refractivity (Wildman–Crippen MR) is 147 cm³/mol. The Hall–Kier alpha value is -3.42. The lowest BCUT2D eigenvalue weighted by molar-refractivity contribution is -0.129. The molecule has 8 N–H and O–H groups in total. The van der Waals surface area contributed by atoms with Gasteiger partial charge >= 0.3 is 0 Å². The lowest BCUT2D eigenvalue weighted by Crippen LogP contribution is -2.54. The minimum Gasteiger partial charge on any atom is -0.383 e. The molecule has 1 amide bonds. The third kappa shape index (κ3) is 6.71. The molecule has 10 nitrogen and oxygen atoms in total. The second-order valence-electron chi connectivity index (χ2n) is 9.09. The topological polar surface area (TPSA) is 180 Å². The van der Waals surface area contributed by atoms with Crippen LogP contribution in [-0.2, 0) is 19.8 Å². The largest absolute Gasteiger partial charge is 0.383 e. The molecule has 12 heteroatoms. The van der Waals surface area contributed by atoms with E-state index in [0.29, 0.717) is 34.5 Å². The first kappa shape index (κ1) is 27.6. The molecular weight excluding hydrogens is 524 g/mol. The van der Waals surface area contributed by atoms with Crippen molar-refractivity contribution in [1.82, 2.24) is 15.4 Å². The number of rotatable bonds is 11. The first-order valence-corrected chi connectivity index (χ1v) is 14.5. The van der Waals surface area contributed by atoms with Gasteiger partial charge in [-0.2, -0.15) is 13.1 Å². The number of benzene rings is 2. The van der Waals surface area contributed by atoms with E-state index in [1.54, 1.807) is 60.0 Å². The van der Waals surface area contributed by atoms with Crippen LogP contribution in [0.1, 0.15) is 46.4 Å². The zero-order valence-electron chi connectivity index (χ0n) is 20.5. The number of nitrogens with one attached hydrogen (secondary N) is 4. The van der Waals surface area contributed by atoms with Gasteiger partial charge in [0.05, 0.1) is 10.9 Å². The molecule has 1 unspecified atom stereocenters. The number of ketones is 1. The fourth-order valence-electron chi connectivity index (χ4n) is 4.67. The molecule has 200 valence electrons. The molecule has 0 aliphatic carbocycles. The Balaban J connectivity index is 1.75. The van der Waals surface area contributed by atoms with Crippen molar-refractivity contribution in [2.24, 2.45) is 10.9 Å². The van der Waals surface area contributed by atoms with Gasteiger partial charge in [-0.3, -0.25) is 15.0 Å². The fraction of sp³-hybridized carbons (Fsp3) is 0.269. The molecule has 0 bridgehead atoms. The molecule has 0 spiro atoms. The monoisotopic (exact) mass is 554 g/mol. The van der Waals surface area contributed by atoms with E-state index in [-0.39, 0.29) is 11.6 Å². The Morgan fingerprint density at radius 1 is 1.03 bits per heavy atom. The van der Waals surface area contributed by atoms with E-state index in [1.807, 2.05) is 12.1 Å². The van der Waals surface area contributed by atoms with E-state index < -0.39 is 40.2 Å². The van der Waals surface area contributed by atoms with Gasteiger partial charge in [0.25, 0.3) is 10.2 Å². The standard InChI is InChI=1S/C26H30N6O4S2/c27-25(28)20-14-18(15-37-20)22(24(33)19-12-7-13-30-19)31-26(34)23(32-38(29,35)36)21(16-8-3-1-4-9-16)17-10-5-2-6-11-17/h1-6,8-11,14-15,19,21-23,30,32H,7,12-13H2,(H3,27,28)(H,31,34)(H2,29,35,36)/t19-,22?,23+/m0/s1. The molecule has 1 fully saturated rings. The molecule has 2 heterocycles. The fourth-order valence-corrected chi connectivity index (χ4v) is 6.07. The van der Waals surface area contributed by atoms with E-state index in [9.17, 15) is 18.0 Å². The van der Waals surface area contributed by atoms with Crippen LogP contribution in [0.15, 0.2) is 72.1 Å². The van der Waals surface area contributed by atoms with Gasteiger partial charge in [-0.15, -0.1) is 11.3 Å². The van der Waals surface area contributed by atoms with Crippen LogP contribution in [0.3, 0.4) is 0 Å². The summed E-state index contributed by atoms with van der Waals surface area (Å²) >= 11 is 1.19. The second-order valence-corrected chi connectivity index (χ2v) is 11.3. The Labute approximate surface area is 225 Å². The number of Topliss-reactive ketones (excluding diaryl/α,β-unsaturated/α-hetero) is 1. The highest BCUT2D eigenvalue weighted by molar-refractivity contribution is 7.87. The number of nitrogens with two attached hydrogens (primary N) is 2. The van der Waals surface area contributed by atoms with Crippen molar-refractivity contribution < 1.29 is 18.0 Å². The van der Waals surface area contributed by atoms with E-state index >= 15 is 0 Å². The van der Waals surface area contributed by atoms with Gasteiger partial charge in [0.15, 0.2) is 5.78 Å². The number of hydrogen-bond acceptors (Lipinski definition) is 7. The van der Waals surface area contributed by atoms with Crippen molar-refractivity contribution in [3.05, 3.63) is 93.7 Å². The lowest BCUT2D eigenvalue weighted by atomic mass is 9.84. The summed E-state index contributed by atoms with van der Waals surface area (Å²) in [4.78, 5) is 27.9. The van der Waals surface area contributed by atoms with Gasteiger partial charge in [-0.25, -0.2) is 5.14 Å². The summed E-state index contributed by atoms with van der Waals surface area (Å²) in [6, 6.07) is 16.7. The van der Waals surface area contributed by atoms with Crippen LogP contribution in [0.2, 0.25) is 0 Å². The smallest absolute Gasteiger partial charge is 0.275 e. The van der Waals surface area contributed by atoms with Crippen molar-refractivity contribution >= 4 is 39.1 Å². The normalized spacial score (nSPS) is 17.2. The van der Waals surface area contributed by atoms with Gasteiger partial charge in [-0.05, 0) is 47.5 Å². The van der Waals surface area contributed by atoms with Crippen molar-refractivity contribution in [2.75, 3.05) is 6.54 Å². The molecule has 3 aromatic rings. The molecule has 3 atom stereocenters. The van der Waals surface area contributed by atoms with Crippen LogP contribution in [-0.4, -0.2) is 44.6 Å². The molecule has 4 rings (SSSR count). The van der Waals surface area contributed by atoms with Gasteiger partial charge in [0.1, 0.15) is 17.9 Å². The summed E-state index contributed by atoms with van der Waals surface area (Å²) in [5, 5.41) is 20.7. The Morgan fingerprint density at radius 3 is 2.11 bits per heavy atom. The van der Waals surface area contributed by atoms with Crippen LogP contribution < -0.4 is 26.2 Å². The number of nitrogen functional groups attached to an aromatic ring is 1. The highest BCUT2D eigenvalue weighted by Crippen LogP contribution is 2.30. The third-order valence-corrected chi connectivity index (χ3v) is 7.98. The Morgan fingerprint density at radius 2 is 1.63 bits per heavy atom. The predicted octanol–water partition coefficient (Wildman–Crippen LogP) is 1.50. The molecule has 1 aliphatic heterocycles. The number of hydrogen-bond donors (Lipinski definition) is 6. The molecule has 38 heavy (non-hydrogen) atoms. The van der Waals surface area contributed by atoms with Gasteiger partial charge in [0, 0.05) is 5.92 Å². The zero-order chi connectivity index (χ0) is 27.3. The number of carbonyl (C=O) groups is 2. The average molecular weight is 555 g/mol. The molecular formula is C26H30N6O4S2. The SMILES string of the molecule is N=C(N)c1cc(C(NC(=O)[C@H](NS(N)(=O)=O)C(c2ccccc2)c2ccccc2)C(=O)[C@@H]2CCCN2)cs1. The number of amidine groups is 1. The summed E-state index contributed by atoms with van der Waals surface area (Å²) < 4.78 is 26.8. The Kier molecular flexibility index (Phi) is 8.69. The number of carbonyl (C=O) groups excluding carboxylic acids is 2. The first-order valence-electron chi connectivity index (χ1n) is 12.0. The highest BCUT2D eigenvalue weighted by atomic mass is 32.2. The van der Waals surface area contributed by atoms with Crippen LogP contribution in [0.5, 0.6) is 0 Å². The van der Waals surface area contributed by atoms with Crippen molar-refractivity contribution in [1.29, 1.82) is 5.41 Å².